The summed E-state index contributed by atoms with van der Waals surface area (Å²) in [6.45, 7) is 3.32. The second-order valence-corrected chi connectivity index (χ2v) is 6.69. The minimum absolute atomic E-state index is 0.0593. The van der Waals surface area contributed by atoms with E-state index in [9.17, 15) is 26.4 Å². The predicted molar refractivity (Wildman–Crippen MR) is 70.4 cm³/mol. The van der Waals surface area contributed by atoms with Gasteiger partial charge in [-0.3, -0.25) is 9.78 Å². The first kappa shape index (κ1) is 18.4. The Morgan fingerprint density at radius 3 is 2.45 bits per heavy atom. The molecule has 0 amide bonds. The lowest BCUT2D eigenvalue weighted by Crippen LogP contribution is -2.42. The Morgan fingerprint density at radius 1 is 1.41 bits per heavy atom. The van der Waals surface area contributed by atoms with E-state index in [0.717, 1.165) is 6.20 Å². The minimum atomic E-state index is -4.90. The highest BCUT2D eigenvalue weighted by molar-refractivity contribution is 7.89. The zero-order valence-corrected chi connectivity index (χ0v) is 12.6. The normalized spacial score (nSPS) is 14.1. The Balaban J connectivity index is 3.22. The third kappa shape index (κ3) is 4.67. The molecule has 0 aromatic carbocycles. The highest BCUT2D eigenvalue weighted by atomic mass is 32.2. The van der Waals surface area contributed by atoms with Crippen LogP contribution in [0.4, 0.5) is 13.2 Å². The van der Waals surface area contributed by atoms with E-state index in [4.69, 9.17) is 5.11 Å². The molecule has 0 saturated heterocycles. The first-order valence-corrected chi connectivity index (χ1v) is 7.70. The summed E-state index contributed by atoms with van der Waals surface area (Å²) in [5.41, 5.74) is -1.40. The lowest BCUT2D eigenvalue weighted by atomic mass is 10.1. The molecule has 22 heavy (non-hydrogen) atoms. The number of halogens is 3. The van der Waals surface area contributed by atoms with Crippen molar-refractivity contribution in [2.45, 2.75) is 37.4 Å². The Labute approximate surface area is 125 Å². The third-order valence-corrected chi connectivity index (χ3v) is 4.18. The molecule has 0 aliphatic rings. The van der Waals surface area contributed by atoms with Crippen LogP contribution in [-0.4, -0.2) is 30.5 Å². The number of nitrogens with one attached hydrogen (secondary N) is 1. The van der Waals surface area contributed by atoms with Gasteiger partial charge in [0.05, 0.1) is 5.56 Å². The van der Waals surface area contributed by atoms with Crippen LogP contribution in [-0.2, 0) is 21.0 Å². The zero-order valence-electron chi connectivity index (χ0n) is 11.8. The van der Waals surface area contributed by atoms with E-state index in [0.29, 0.717) is 12.3 Å². The third-order valence-electron chi connectivity index (χ3n) is 2.68. The van der Waals surface area contributed by atoms with Gasteiger partial charge in [0.2, 0.25) is 10.0 Å². The number of nitrogens with zero attached hydrogens (tertiary/aromatic N) is 1. The summed E-state index contributed by atoms with van der Waals surface area (Å²) in [6.07, 6.45) is -3.61. The van der Waals surface area contributed by atoms with Crippen molar-refractivity contribution in [3.63, 3.8) is 0 Å². The van der Waals surface area contributed by atoms with Crippen LogP contribution in [0.15, 0.2) is 23.4 Å². The highest BCUT2D eigenvalue weighted by Gasteiger charge is 2.38. The monoisotopic (exact) mass is 340 g/mol. The van der Waals surface area contributed by atoms with E-state index in [-0.39, 0.29) is 12.3 Å². The smallest absolute Gasteiger partial charge is 0.417 e. The van der Waals surface area contributed by atoms with E-state index in [1.165, 1.54) is 0 Å². The van der Waals surface area contributed by atoms with Gasteiger partial charge >= 0.3 is 12.1 Å². The molecule has 2 N–H and O–H groups in total. The molecule has 0 saturated carbocycles. The van der Waals surface area contributed by atoms with Crippen LogP contribution >= 0.6 is 0 Å². The Kier molecular flexibility index (Phi) is 5.52. The van der Waals surface area contributed by atoms with Gasteiger partial charge in [0.1, 0.15) is 10.9 Å². The number of rotatable bonds is 6. The van der Waals surface area contributed by atoms with E-state index in [1.807, 2.05) is 0 Å². The number of alkyl halides is 3. The van der Waals surface area contributed by atoms with Crippen molar-refractivity contribution in [1.82, 2.24) is 9.71 Å². The van der Waals surface area contributed by atoms with Crippen LogP contribution in [0.2, 0.25) is 0 Å². The standard InChI is InChI=1S/C12H15F3N2O4S/c1-7(2)5-9(11(18)19)17-22(20,21)10-6-16-4-3-8(10)12(13,14)15/h3-4,6-7,9,17H,5H2,1-2H3,(H,18,19)/t9-/m0/s1. The lowest BCUT2D eigenvalue weighted by Gasteiger charge is -2.18. The molecule has 0 fully saturated rings. The summed E-state index contributed by atoms with van der Waals surface area (Å²) in [5, 5.41) is 9.00. The van der Waals surface area contributed by atoms with Gasteiger partial charge in [-0.15, -0.1) is 0 Å². The largest absolute Gasteiger partial charge is 0.480 e. The molecular weight excluding hydrogens is 325 g/mol. The maximum absolute atomic E-state index is 12.8. The van der Waals surface area contributed by atoms with Gasteiger partial charge in [-0.2, -0.15) is 17.9 Å². The second kappa shape index (κ2) is 6.61. The fourth-order valence-corrected chi connectivity index (χ4v) is 3.12. The van der Waals surface area contributed by atoms with Crippen LogP contribution in [0, 0.1) is 5.92 Å². The molecule has 0 radical (unpaired) electrons. The van der Waals surface area contributed by atoms with Gasteiger partial charge in [-0.1, -0.05) is 13.8 Å². The van der Waals surface area contributed by atoms with Crippen LogP contribution < -0.4 is 4.72 Å². The SMILES string of the molecule is CC(C)C[C@H](NS(=O)(=O)c1cnccc1C(F)(F)F)C(=O)O. The molecule has 0 bridgehead atoms. The predicted octanol–water partition coefficient (Wildman–Crippen LogP) is 1.88. The number of pyridine rings is 1. The number of carboxylic acid groups (broad SMARTS) is 1. The summed E-state index contributed by atoms with van der Waals surface area (Å²) in [6, 6.07) is -1.00. The Bertz CT molecular complexity index is 644. The molecule has 124 valence electrons. The fourth-order valence-electron chi connectivity index (χ4n) is 1.75. The summed E-state index contributed by atoms with van der Waals surface area (Å²) < 4.78 is 64.5. The summed E-state index contributed by atoms with van der Waals surface area (Å²) in [7, 11) is -4.68. The maximum Gasteiger partial charge on any atom is 0.417 e. The molecule has 0 aliphatic heterocycles. The van der Waals surface area contributed by atoms with Crippen molar-refractivity contribution in [2.75, 3.05) is 0 Å². The summed E-state index contributed by atoms with van der Waals surface area (Å²) >= 11 is 0. The van der Waals surface area contributed by atoms with Gasteiger partial charge in [-0.05, 0) is 18.4 Å². The molecule has 1 rings (SSSR count). The van der Waals surface area contributed by atoms with Gasteiger partial charge in [0.25, 0.3) is 0 Å². The van der Waals surface area contributed by atoms with Crippen molar-refractivity contribution >= 4 is 16.0 Å². The molecule has 0 aliphatic carbocycles. The number of aromatic nitrogens is 1. The van der Waals surface area contributed by atoms with E-state index in [1.54, 1.807) is 18.6 Å². The van der Waals surface area contributed by atoms with Crippen molar-refractivity contribution in [3.8, 4) is 0 Å². The van der Waals surface area contributed by atoms with Crippen LogP contribution in [0.3, 0.4) is 0 Å². The van der Waals surface area contributed by atoms with Gasteiger partial charge in [0.15, 0.2) is 0 Å². The molecule has 10 heteroatoms. The summed E-state index contributed by atoms with van der Waals surface area (Å²) in [5.74, 6) is -1.63. The molecule has 0 unspecified atom stereocenters. The number of aliphatic carboxylic acids is 1. The highest BCUT2D eigenvalue weighted by Crippen LogP contribution is 2.33. The van der Waals surface area contributed by atoms with Gasteiger partial charge in [-0.25, -0.2) is 8.42 Å². The number of hydrogen-bond donors (Lipinski definition) is 2. The quantitative estimate of drug-likeness (QED) is 0.824. The van der Waals surface area contributed by atoms with Gasteiger partial charge in [0, 0.05) is 12.4 Å². The van der Waals surface area contributed by atoms with E-state index < -0.39 is 38.7 Å². The maximum atomic E-state index is 12.8. The van der Waals surface area contributed by atoms with Crippen molar-refractivity contribution < 1.29 is 31.5 Å². The summed E-state index contributed by atoms with van der Waals surface area (Å²) in [4.78, 5) is 13.3. The zero-order chi connectivity index (χ0) is 17.1. The minimum Gasteiger partial charge on any atom is -0.480 e. The first-order chi connectivity index (χ1) is 9.95. The fraction of sp³-hybridized carbons (Fsp3) is 0.500. The van der Waals surface area contributed by atoms with Crippen LogP contribution in [0.5, 0.6) is 0 Å². The molecule has 1 atom stereocenters. The second-order valence-electron chi connectivity index (χ2n) is 5.01. The molecule has 1 aromatic heterocycles. The Hall–Kier alpha value is -1.68. The van der Waals surface area contributed by atoms with E-state index in [2.05, 4.69) is 4.98 Å². The molecule has 1 heterocycles. The first-order valence-electron chi connectivity index (χ1n) is 6.21. The van der Waals surface area contributed by atoms with Gasteiger partial charge < -0.3 is 5.11 Å². The molecular formula is C12H15F3N2O4S. The van der Waals surface area contributed by atoms with E-state index >= 15 is 0 Å². The number of carboxylic acids is 1. The number of hydrogen-bond acceptors (Lipinski definition) is 4. The number of carbonyl (C=O) groups is 1. The Morgan fingerprint density at radius 2 is 2.00 bits per heavy atom. The molecule has 0 spiro atoms. The number of sulfonamides is 1. The van der Waals surface area contributed by atoms with Crippen LogP contribution in [0.1, 0.15) is 25.8 Å². The van der Waals surface area contributed by atoms with Crippen molar-refractivity contribution in [1.29, 1.82) is 0 Å². The van der Waals surface area contributed by atoms with Crippen molar-refractivity contribution in [2.24, 2.45) is 5.92 Å². The average Bonchev–Trinajstić information content (AvgIpc) is 2.36. The van der Waals surface area contributed by atoms with Crippen LogP contribution in [0.25, 0.3) is 0 Å². The topological polar surface area (TPSA) is 96.4 Å². The lowest BCUT2D eigenvalue weighted by molar-refractivity contribution is -0.140. The van der Waals surface area contributed by atoms with Crippen molar-refractivity contribution in [3.05, 3.63) is 24.0 Å². The average molecular weight is 340 g/mol. The molecule has 1 aromatic rings. The molecule has 6 nitrogen and oxygen atoms in total.